The van der Waals surface area contributed by atoms with E-state index in [4.69, 9.17) is 10.5 Å². The number of para-hydroxylation sites is 1. The Balaban J connectivity index is 0.00000312. The molecule has 0 aliphatic carbocycles. The predicted molar refractivity (Wildman–Crippen MR) is 111 cm³/mol. The van der Waals surface area contributed by atoms with Gasteiger partial charge in [0, 0.05) is 38.7 Å². The molecule has 1 amide bonds. The van der Waals surface area contributed by atoms with Gasteiger partial charge in [0.1, 0.15) is 5.75 Å². The van der Waals surface area contributed by atoms with Crippen molar-refractivity contribution in [1.29, 1.82) is 0 Å². The molecular weight excluding hydrogens is 431 g/mol. The molecule has 1 atom stereocenters. The van der Waals surface area contributed by atoms with Crippen LogP contribution in [0.2, 0.25) is 0 Å². The van der Waals surface area contributed by atoms with Crippen molar-refractivity contribution in [3.63, 3.8) is 0 Å². The second-order valence-electron chi connectivity index (χ2n) is 6.07. The molecule has 1 aliphatic heterocycles. The molecule has 1 aromatic carbocycles. The van der Waals surface area contributed by atoms with E-state index in [9.17, 15) is 4.79 Å². The third-order valence-corrected chi connectivity index (χ3v) is 4.23. The molecule has 0 saturated carbocycles. The Morgan fingerprint density at radius 2 is 2.20 bits per heavy atom. The summed E-state index contributed by atoms with van der Waals surface area (Å²) in [6.45, 7) is 5.04. The molecule has 1 saturated heterocycles. The van der Waals surface area contributed by atoms with Crippen LogP contribution in [0.25, 0.3) is 0 Å². The van der Waals surface area contributed by atoms with Crippen LogP contribution in [0, 0.1) is 5.92 Å². The van der Waals surface area contributed by atoms with Crippen LogP contribution in [0.15, 0.2) is 29.3 Å². The molecule has 1 aliphatic rings. The van der Waals surface area contributed by atoms with Gasteiger partial charge in [-0.25, -0.2) is 0 Å². The van der Waals surface area contributed by atoms with E-state index in [0.717, 1.165) is 43.2 Å². The maximum atomic E-state index is 11.2. The number of likely N-dealkylation sites (tertiary alicyclic amines) is 1. The molecular formula is C18H29IN4O2. The Bertz CT molecular complexity index is 580. The van der Waals surface area contributed by atoms with Gasteiger partial charge in [-0.2, -0.15) is 0 Å². The summed E-state index contributed by atoms with van der Waals surface area (Å²) >= 11 is 0. The maximum Gasteiger partial charge on any atom is 0.217 e. The van der Waals surface area contributed by atoms with Crippen molar-refractivity contribution in [2.75, 3.05) is 26.7 Å². The number of benzene rings is 1. The minimum atomic E-state index is -0.226. The summed E-state index contributed by atoms with van der Waals surface area (Å²) in [7, 11) is 1.79. The Morgan fingerprint density at radius 1 is 1.44 bits per heavy atom. The van der Waals surface area contributed by atoms with Crippen LogP contribution in [-0.2, 0) is 11.3 Å². The summed E-state index contributed by atoms with van der Waals surface area (Å²) in [6, 6.07) is 8.01. The van der Waals surface area contributed by atoms with E-state index in [0.29, 0.717) is 25.5 Å². The molecule has 1 fully saturated rings. The van der Waals surface area contributed by atoms with Crippen LogP contribution >= 0.6 is 24.0 Å². The van der Waals surface area contributed by atoms with Crippen molar-refractivity contribution in [1.82, 2.24) is 10.2 Å². The molecule has 0 spiro atoms. The number of primary amides is 1. The van der Waals surface area contributed by atoms with Gasteiger partial charge in [-0.05, 0) is 31.7 Å². The number of amides is 1. The van der Waals surface area contributed by atoms with Crippen LogP contribution in [0.5, 0.6) is 5.75 Å². The summed E-state index contributed by atoms with van der Waals surface area (Å²) in [5, 5.41) is 3.41. The molecule has 25 heavy (non-hydrogen) atoms. The zero-order valence-corrected chi connectivity index (χ0v) is 17.4. The quantitative estimate of drug-likeness (QED) is 0.388. The number of carbonyl (C=O) groups excluding carboxylic acids is 1. The number of piperidine rings is 1. The summed E-state index contributed by atoms with van der Waals surface area (Å²) in [6.07, 6.45) is 2.54. The predicted octanol–water partition coefficient (Wildman–Crippen LogP) is 2.37. The highest BCUT2D eigenvalue weighted by molar-refractivity contribution is 14.0. The normalized spacial score (nSPS) is 17.6. The largest absolute Gasteiger partial charge is 0.494 e. The van der Waals surface area contributed by atoms with Crippen LogP contribution in [0.3, 0.4) is 0 Å². The number of aliphatic imine (C=N–C) groups is 1. The van der Waals surface area contributed by atoms with Crippen molar-refractivity contribution in [3.05, 3.63) is 29.8 Å². The van der Waals surface area contributed by atoms with Gasteiger partial charge in [-0.1, -0.05) is 18.2 Å². The smallest absolute Gasteiger partial charge is 0.217 e. The summed E-state index contributed by atoms with van der Waals surface area (Å²) in [5.41, 5.74) is 6.44. The Labute approximate surface area is 167 Å². The average molecular weight is 460 g/mol. The highest BCUT2D eigenvalue weighted by atomic mass is 127. The second kappa shape index (κ2) is 11.2. The number of carbonyl (C=O) groups is 1. The van der Waals surface area contributed by atoms with Gasteiger partial charge in [-0.3, -0.25) is 9.79 Å². The summed E-state index contributed by atoms with van der Waals surface area (Å²) < 4.78 is 5.66. The van der Waals surface area contributed by atoms with Crippen LogP contribution in [-0.4, -0.2) is 43.5 Å². The minimum Gasteiger partial charge on any atom is -0.494 e. The Kier molecular flexibility index (Phi) is 9.62. The zero-order valence-electron chi connectivity index (χ0n) is 15.0. The second-order valence-corrected chi connectivity index (χ2v) is 6.07. The van der Waals surface area contributed by atoms with Gasteiger partial charge in [-0.15, -0.1) is 24.0 Å². The molecule has 0 bridgehead atoms. The van der Waals surface area contributed by atoms with Gasteiger partial charge in [0.2, 0.25) is 5.91 Å². The van der Waals surface area contributed by atoms with E-state index < -0.39 is 0 Å². The number of guanidine groups is 1. The van der Waals surface area contributed by atoms with Crippen molar-refractivity contribution in [3.8, 4) is 5.75 Å². The number of nitrogens with two attached hydrogens (primary N) is 1. The first-order valence-corrected chi connectivity index (χ1v) is 8.58. The average Bonchev–Trinajstić information content (AvgIpc) is 2.57. The fourth-order valence-electron chi connectivity index (χ4n) is 3.16. The maximum absolute atomic E-state index is 11.2. The number of rotatable bonds is 6. The first-order valence-electron chi connectivity index (χ1n) is 8.58. The van der Waals surface area contributed by atoms with Crippen LogP contribution in [0.4, 0.5) is 0 Å². The lowest BCUT2D eigenvalue weighted by atomic mass is 9.95. The lowest BCUT2D eigenvalue weighted by molar-refractivity contribution is -0.119. The number of hydrogen-bond donors (Lipinski definition) is 2. The van der Waals surface area contributed by atoms with Gasteiger partial charge in [0.05, 0.1) is 6.61 Å². The molecule has 1 heterocycles. The number of halogens is 1. The first kappa shape index (κ1) is 21.5. The van der Waals surface area contributed by atoms with E-state index >= 15 is 0 Å². The van der Waals surface area contributed by atoms with E-state index in [1.807, 2.05) is 25.1 Å². The van der Waals surface area contributed by atoms with Crippen molar-refractivity contribution < 1.29 is 9.53 Å². The summed E-state index contributed by atoms with van der Waals surface area (Å²) in [5.74, 6) is 1.84. The molecule has 1 unspecified atom stereocenters. The standard InChI is InChI=1S/C18H28N4O2.HI/c1-3-24-16-9-5-4-8-15(16)12-21-18(20-2)22-10-6-7-14(13-22)11-17(19)23;/h4-5,8-9,14H,3,6-7,10-13H2,1-2H3,(H2,19,23)(H,20,21);1H. The monoisotopic (exact) mass is 460 g/mol. The van der Waals surface area contributed by atoms with Crippen molar-refractivity contribution in [2.45, 2.75) is 32.7 Å². The minimum absolute atomic E-state index is 0. The molecule has 0 aromatic heterocycles. The van der Waals surface area contributed by atoms with Gasteiger partial charge in [0.15, 0.2) is 5.96 Å². The van der Waals surface area contributed by atoms with Gasteiger partial charge < -0.3 is 20.7 Å². The summed E-state index contributed by atoms with van der Waals surface area (Å²) in [4.78, 5) is 17.8. The molecule has 2 rings (SSSR count). The molecule has 3 N–H and O–H groups in total. The third kappa shape index (κ3) is 6.72. The zero-order chi connectivity index (χ0) is 17.4. The lowest BCUT2D eigenvalue weighted by Crippen LogP contribution is -2.46. The Morgan fingerprint density at radius 3 is 2.88 bits per heavy atom. The van der Waals surface area contributed by atoms with Gasteiger partial charge in [0.25, 0.3) is 0 Å². The molecule has 7 heteroatoms. The highest BCUT2D eigenvalue weighted by Gasteiger charge is 2.23. The van der Waals surface area contributed by atoms with E-state index in [2.05, 4.69) is 21.3 Å². The third-order valence-electron chi connectivity index (χ3n) is 4.23. The number of nitrogens with zero attached hydrogens (tertiary/aromatic N) is 2. The topological polar surface area (TPSA) is 79.9 Å². The number of nitrogens with one attached hydrogen (secondary N) is 1. The molecule has 0 radical (unpaired) electrons. The number of hydrogen-bond acceptors (Lipinski definition) is 3. The van der Waals surface area contributed by atoms with E-state index in [-0.39, 0.29) is 29.9 Å². The number of ether oxygens (including phenoxy) is 1. The van der Waals surface area contributed by atoms with Crippen molar-refractivity contribution >= 4 is 35.8 Å². The van der Waals surface area contributed by atoms with Crippen LogP contribution in [0.1, 0.15) is 31.7 Å². The fourth-order valence-corrected chi connectivity index (χ4v) is 3.16. The molecule has 140 valence electrons. The van der Waals surface area contributed by atoms with Gasteiger partial charge >= 0.3 is 0 Å². The van der Waals surface area contributed by atoms with Crippen LogP contribution < -0.4 is 15.8 Å². The SMILES string of the molecule is CCOc1ccccc1CNC(=NC)N1CCCC(CC(N)=O)C1.I. The molecule has 6 nitrogen and oxygen atoms in total. The Hall–Kier alpha value is -1.51. The fraction of sp³-hybridized carbons (Fsp3) is 0.556. The first-order chi connectivity index (χ1) is 11.6. The highest BCUT2D eigenvalue weighted by Crippen LogP contribution is 2.20. The van der Waals surface area contributed by atoms with Crippen molar-refractivity contribution in [2.24, 2.45) is 16.6 Å². The lowest BCUT2D eigenvalue weighted by Gasteiger charge is -2.34. The van der Waals surface area contributed by atoms with E-state index in [1.54, 1.807) is 7.05 Å². The molecule has 1 aromatic rings. The van der Waals surface area contributed by atoms with E-state index in [1.165, 1.54) is 0 Å².